The minimum absolute atomic E-state index is 0.223. The van der Waals surface area contributed by atoms with Crippen LogP contribution in [-0.4, -0.2) is 18.2 Å². The summed E-state index contributed by atoms with van der Waals surface area (Å²) < 4.78 is 4.60. The number of benzene rings is 1. The molecule has 0 saturated heterocycles. The minimum Gasteiger partial charge on any atom is -0.508 e. The summed E-state index contributed by atoms with van der Waals surface area (Å²) in [7, 11) is 1.34. The van der Waals surface area contributed by atoms with Crippen LogP contribution in [0, 0.1) is 0 Å². The molecule has 0 aromatic heterocycles. The average Bonchev–Trinajstić information content (AvgIpc) is 2.64. The van der Waals surface area contributed by atoms with E-state index in [0.717, 1.165) is 30.4 Å². The van der Waals surface area contributed by atoms with Crippen molar-refractivity contribution in [2.24, 2.45) is 0 Å². The van der Waals surface area contributed by atoms with Crippen molar-refractivity contribution in [3.63, 3.8) is 0 Å². The van der Waals surface area contributed by atoms with Crippen LogP contribution in [0.25, 0.3) is 0 Å². The molecule has 1 N–H and O–H groups in total. The highest BCUT2D eigenvalue weighted by molar-refractivity contribution is 5.90. The van der Waals surface area contributed by atoms with E-state index in [0.29, 0.717) is 5.56 Å². The van der Waals surface area contributed by atoms with E-state index in [4.69, 9.17) is 0 Å². The Labute approximate surface area is 82.3 Å². The van der Waals surface area contributed by atoms with Crippen LogP contribution in [0.15, 0.2) is 12.1 Å². The van der Waals surface area contributed by atoms with Crippen molar-refractivity contribution in [1.82, 2.24) is 0 Å². The number of esters is 1. The molecule has 2 rings (SSSR count). The Bertz CT molecular complexity index is 382. The van der Waals surface area contributed by atoms with E-state index in [1.165, 1.54) is 13.2 Å². The second kappa shape index (κ2) is 3.33. The number of carbonyl (C=O) groups is 1. The maximum absolute atomic E-state index is 11.2. The van der Waals surface area contributed by atoms with Gasteiger partial charge in [-0.15, -0.1) is 0 Å². The topological polar surface area (TPSA) is 46.5 Å². The second-order valence-corrected chi connectivity index (χ2v) is 3.48. The molecule has 14 heavy (non-hydrogen) atoms. The molecule has 0 bridgehead atoms. The number of phenols is 1. The zero-order valence-electron chi connectivity index (χ0n) is 8.04. The number of phenolic OH excluding ortho intramolecular Hbond substituents is 1. The minimum atomic E-state index is -0.394. The number of hydrogen-bond acceptors (Lipinski definition) is 3. The molecule has 0 amide bonds. The molecule has 0 heterocycles. The summed E-state index contributed by atoms with van der Waals surface area (Å²) in [6.45, 7) is 0. The van der Waals surface area contributed by atoms with Crippen molar-refractivity contribution in [2.45, 2.75) is 19.3 Å². The largest absolute Gasteiger partial charge is 0.508 e. The van der Waals surface area contributed by atoms with E-state index in [1.807, 2.05) is 6.07 Å². The Hall–Kier alpha value is -1.51. The van der Waals surface area contributed by atoms with Crippen LogP contribution in [0.5, 0.6) is 5.75 Å². The molecule has 1 aromatic carbocycles. The quantitative estimate of drug-likeness (QED) is 0.688. The standard InChI is InChI=1S/C11H12O3/c1-14-11(13)8-5-7-3-2-4-9(7)10(12)6-8/h5-6,12H,2-4H2,1H3. The molecule has 0 atom stereocenters. The van der Waals surface area contributed by atoms with Gasteiger partial charge in [-0.2, -0.15) is 0 Å². The summed E-state index contributed by atoms with van der Waals surface area (Å²) in [6, 6.07) is 3.30. The zero-order chi connectivity index (χ0) is 10.1. The number of aryl methyl sites for hydroxylation is 1. The lowest BCUT2D eigenvalue weighted by Gasteiger charge is -2.05. The Balaban J connectivity index is 2.46. The molecule has 0 fully saturated rings. The fraction of sp³-hybridized carbons (Fsp3) is 0.364. The molecule has 74 valence electrons. The van der Waals surface area contributed by atoms with Gasteiger partial charge in [-0.25, -0.2) is 4.79 Å². The second-order valence-electron chi connectivity index (χ2n) is 3.48. The number of hydrogen-bond donors (Lipinski definition) is 1. The smallest absolute Gasteiger partial charge is 0.337 e. The highest BCUT2D eigenvalue weighted by Gasteiger charge is 2.18. The third-order valence-electron chi connectivity index (χ3n) is 2.61. The lowest BCUT2D eigenvalue weighted by atomic mass is 10.1. The summed E-state index contributed by atoms with van der Waals surface area (Å²) >= 11 is 0. The van der Waals surface area contributed by atoms with Gasteiger partial charge < -0.3 is 9.84 Å². The third kappa shape index (κ3) is 1.35. The fourth-order valence-electron chi connectivity index (χ4n) is 1.92. The first-order valence-electron chi connectivity index (χ1n) is 4.65. The number of ether oxygens (including phenoxy) is 1. The molecule has 0 saturated carbocycles. The molecular weight excluding hydrogens is 180 g/mol. The predicted molar refractivity (Wildman–Crippen MR) is 51.5 cm³/mol. The molecule has 0 radical (unpaired) electrons. The van der Waals surface area contributed by atoms with Gasteiger partial charge in [0.1, 0.15) is 5.75 Å². The van der Waals surface area contributed by atoms with Crippen LogP contribution in [0.3, 0.4) is 0 Å². The van der Waals surface area contributed by atoms with Crippen molar-refractivity contribution in [1.29, 1.82) is 0 Å². The van der Waals surface area contributed by atoms with Crippen LogP contribution in [-0.2, 0) is 17.6 Å². The Morgan fingerprint density at radius 2 is 2.21 bits per heavy atom. The number of methoxy groups -OCH3 is 1. The van der Waals surface area contributed by atoms with Crippen molar-refractivity contribution < 1.29 is 14.6 Å². The predicted octanol–water partition coefficient (Wildman–Crippen LogP) is 1.67. The molecule has 1 aliphatic rings. The highest BCUT2D eigenvalue weighted by Crippen LogP contribution is 2.31. The summed E-state index contributed by atoms with van der Waals surface area (Å²) in [5.74, 6) is -0.171. The van der Waals surface area contributed by atoms with Crippen molar-refractivity contribution in [3.8, 4) is 5.75 Å². The summed E-state index contributed by atoms with van der Waals surface area (Å²) in [4.78, 5) is 11.2. The van der Waals surface area contributed by atoms with Gasteiger partial charge in [-0.1, -0.05) is 0 Å². The number of carbonyl (C=O) groups excluding carboxylic acids is 1. The maximum Gasteiger partial charge on any atom is 0.337 e. The van der Waals surface area contributed by atoms with Gasteiger partial charge in [-0.05, 0) is 42.5 Å². The average molecular weight is 192 g/mol. The number of rotatable bonds is 1. The van der Waals surface area contributed by atoms with Gasteiger partial charge in [0.15, 0.2) is 0 Å². The zero-order valence-corrected chi connectivity index (χ0v) is 8.04. The van der Waals surface area contributed by atoms with Crippen LogP contribution < -0.4 is 0 Å². The van der Waals surface area contributed by atoms with Gasteiger partial charge in [0.2, 0.25) is 0 Å². The highest BCUT2D eigenvalue weighted by atomic mass is 16.5. The van der Waals surface area contributed by atoms with E-state index in [2.05, 4.69) is 4.74 Å². The normalized spacial score (nSPS) is 13.8. The van der Waals surface area contributed by atoms with Gasteiger partial charge >= 0.3 is 5.97 Å². The molecule has 1 aromatic rings. The van der Waals surface area contributed by atoms with E-state index in [-0.39, 0.29) is 5.75 Å². The van der Waals surface area contributed by atoms with Crippen molar-refractivity contribution >= 4 is 5.97 Å². The SMILES string of the molecule is COC(=O)c1cc(O)c2c(c1)CCC2. The molecule has 1 aliphatic carbocycles. The summed E-state index contributed by atoms with van der Waals surface area (Å²) in [5, 5.41) is 9.65. The molecule has 3 nitrogen and oxygen atoms in total. The Morgan fingerprint density at radius 3 is 2.93 bits per heavy atom. The van der Waals surface area contributed by atoms with Crippen LogP contribution in [0.4, 0.5) is 0 Å². The Morgan fingerprint density at radius 1 is 1.43 bits per heavy atom. The van der Waals surface area contributed by atoms with Crippen LogP contribution >= 0.6 is 0 Å². The number of fused-ring (bicyclic) bond motifs is 1. The van der Waals surface area contributed by atoms with Gasteiger partial charge in [0.25, 0.3) is 0 Å². The fourth-order valence-corrected chi connectivity index (χ4v) is 1.92. The molecule has 3 heteroatoms. The molecular formula is C11H12O3. The van der Waals surface area contributed by atoms with Gasteiger partial charge in [-0.3, -0.25) is 0 Å². The van der Waals surface area contributed by atoms with Crippen molar-refractivity contribution in [2.75, 3.05) is 7.11 Å². The van der Waals surface area contributed by atoms with Crippen LogP contribution in [0.2, 0.25) is 0 Å². The molecule has 0 unspecified atom stereocenters. The third-order valence-corrected chi connectivity index (χ3v) is 2.61. The Kier molecular flexibility index (Phi) is 2.15. The molecule has 0 spiro atoms. The number of aromatic hydroxyl groups is 1. The van der Waals surface area contributed by atoms with Gasteiger partial charge in [0.05, 0.1) is 12.7 Å². The molecule has 0 aliphatic heterocycles. The van der Waals surface area contributed by atoms with E-state index < -0.39 is 5.97 Å². The summed E-state index contributed by atoms with van der Waals surface area (Å²) in [5.41, 5.74) is 2.49. The van der Waals surface area contributed by atoms with E-state index in [9.17, 15) is 9.90 Å². The lowest BCUT2D eigenvalue weighted by Crippen LogP contribution is -2.02. The van der Waals surface area contributed by atoms with Crippen molar-refractivity contribution in [3.05, 3.63) is 28.8 Å². The first-order chi connectivity index (χ1) is 6.72. The van der Waals surface area contributed by atoms with Crippen LogP contribution in [0.1, 0.15) is 27.9 Å². The maximum atomic E-state index is 11.2. The van der Waals surface area contributed by atoms with E-state index >= 15 is 0 Å². The summed E-state index contributed by atoms with van der Waals surface area (Å²) in [6.07, 6.45) is 2.89. The lowest BCUT2D eigenvalue weighted by molar-refractivity contribution is 0.0600. The van der Waals surface area contributed by atoms with E-state index in [1.54, 1.807) is 0 Å². The first kappa shape index (κ1) is 9.06. The monoisotopic (exact) mass is 192 g/mol. The first-order valence-corrected chi connectivity index (χ1v) is 4.65. The van der Waals surface area contributed by atoms with Gasteiger partial charge in [0, 0.05) is 0 Å².